The monoisotopic (exact) mass is 363 g/mol. The van der Waals surface area contributed by atoms with E-state index in [9.17, 15) is 4.79 Å². The Morgan fingerprint density at radius 3 is 2.85 bits per heavy atom. The average Bonchev–Trinajstić information content (AvgIpc) is 3.29. The number of para-hydroxylation sites is 1. The highest BCUT2D eigenvalue weighted by molar-refractivity contribution is 7.99. The lowest BCUT2D eigenvalue weighted by Gasteiger charge is -2.06. The maximum Gasteiger partial charge on any atom is 0.214 e. The van der Waals surface area contributed by atoms with E-state index < -0.39 is 0 Å². The highest BCUT2D eigenvalue weighted by Crippen LogP contribution is 2.23. The maximum absolute atomic E-state index is 12.6. The Hall–Kier alpha value is -2.93. The lowest BCUT2D eigenvalue weighted by molar-refractivity contribution is 0.102. The van der Waals surface area contributed by atoms with Crippen LogP contribution in [0.15, 0.2) is 53.8 Å². The van der Waals surface area contributed by atoms with Crippen LogP contribution in [0.4, 0.5) is 0 Å². The fourth-order valence-corrected chi connectivity index (χ4v) is 3.57. The number of benzene rings is 2. The number of fused-ring (bicyclic) bond motifs is 1. The predicted octanol–water partition coefficient (Wildman–Crippen LogP) is 3.74. The summed E-state index contributed by atoms with van der Waals surface area (Å²) in [6.07, 6.45) is 1.76. The van der Waals surface area contributed by atoms with Crippen LogP contribution in [0.1, 0.15) is 21.5 Å². The summed E-state index contributed by atoms with van der Waals surface area (Å²) >= 11 is 1.34. The molecule has 4 aromatic rings. The maximum atomic E-state index is 12.6. The number of hydrogen-bond acceptors (Lipinski definition) is 5. The number of nitrogens with one attached hydrogen (secondary N) is 1. The Morgan fingerprint density at radius 2 is 2.00 bits per heavy atom. The van der Waals surface area contributed by atoms with Gasteiger partial charge < -0.3 is 4.98 Å². The van der Waals surface area contributed by atoms with Gasteiger partial charge in [0.1, 0.15) is 0 Å². The number of hydrogen-bond donors (Lipinski definition) is 1. The van der Waals surface area contributed by atoms with E-state index in [4.69, 9.17) is 0 Å². The molecule has 0 saturated carbocycles. The van der Waals surface area contributed by atoms with Crippen LogP contribution in [0.2, 0.25) is 0 Å². The van der Waals surface area contributed by atoms with Crippen LogP contribution in [0.25, 0.3) is 16.6 Å². The minimum atomic E-state index is 0.0436. The molecule has 2 aromatic carbocycles. The van der Waals surface area contributed by atoms with Crippen LogP contribution in [-0.2, 0) is 0 Å². The molecule has 0 radical (unpaired) electrons. The van der Waals surface area contributed by atoms with Crippen LogP contribution < -0.4 is 0 Å². The lowest BCUT2D eigenvalue weighted by atomic mass is 10.1. The Morgan fingerprint density at radius 1 is 1.15 bits per heavy atom. The van der Waals surface area contributed by atoms with Crippen molar-refractivity contribution in [1.82, 2.24) is 25.2 Å². The van der Waals surface area contributed by atoms with Gasteiger partial charge in [-0.3, -0.25) is 4.79 Å². The summed E-state index contributed by atoms with van der Waals surface area (Å²) in [5.74, 6) is 0.314. The van der Waals surface area contributed by atoms with Gasteiger partial charge in [-0.1, -0.05) is 36.0 Å². The lowest BCUT2D eigenvalue weighted by Crippen LogP contribution is -2.05. The van der Waals surface area contributed by atoms with Gasteiger partial charge in [-0.15, -0.1) is 5.10 Å². The Balaban J connectivity index is 1.55. The fourth-order valence-electron chi connectivity index (χ4n) is 2.80. The Bertz CT molecular complexity index is 1100. The average molecular weight is 363 g/mol. The number of ketones is 1. The number of Topliss-reactive ketones (excluding diaryl/α,β-unsaturated/α-hetero) is 1. The number of tetrazole rings is 1. The molecule has 0 atom stereocenters. The second-order valence-electron chi connectivity index (χ2n) is 6.10. The normalized spacial score (nSPS) is 11.2. The van der Waals surface area contributed by atoms with Crippen molar-refractivity contribution in [2.45, 2.75) is 19.0 Å². The zero-order chi connectivity index (χ0) is 18.1. The summed E-state index contributed by atoms with van der Waals surface area (Å²) < 4.78 is 1.67. The van der Waals surface area contributed by atoms with Crippen molar-refractivity contribution >= 4 is 28.4 Å². The smallest absolute Gasteiger partial charge is 0.214 e. The highest BCUT2D eigenvalue weighted by Gasteiger charge is 2.15. The van der Waals surface area contributed by atoms with Crippen molar-refractivity contribution in [2.24, 2.45) is 0 Å². The first-order valence-corrected chi connectivity index (χ1v) is 9.20. The third kappa shape index (κ3) is 3.01. The number of carbonyl (C=O) groups excluding carboxylic acids is 1. The molecule has 6 nitrogen and oxygen atoms in total. The van der Waals surface area contributed by atoms with E-state index in [1.807, 2.05) is 42.5 Å². The first kappa shape index (κ1) is 16.5. The molecule has 1 N–H and O–H groups in total. The molecule has 26 heavy (non-hydrogen) atoms. The molecular formula is C19H17N5OS. The van der Waals surface area contributed by atoms with Crippen LogP contribution >= 0.6 is 11.8 Å². The quantitative estimate of drug-likeness (QED) is 0.432. The number of carbonyl (C=O) groups is 1. The second-order valence-corrected chi connectivity index (χ2v) is 7.04. The van der Waals surface area contributed by atoms with E-state index in [2.05, 4.69) is 34.4 Å². The zero-order valence-electron chi connectivity index (χ0n) is 14.4. The molecule has 4 rings (SSSR count). The predicted molar refractivity (Wildman–Crippen MR) is 102 cm³/mol. The number of thioether (sulfide) groups is 1. The topological polar surface area (TPSA) is 76.5 Å². The fraction of sp³-hybridized carbons (Fsp3) is 0.158. The molecule has 130 valence electrons. The first-order chi connectivity index (χ1) is 12.6. The minimum absolute atomic E-state index is 0.0436. The summed E-state index contributed by atoms with van der Waals surface area (Å²) in [7, 11) is 0. The van der Waals surface area contributed by atoms with Gasteiger partial charge in [0.25, 0.3) is 0 Å². The first-order valence-electron chi connectivity index (χ1n) is 8.21. The number of aromatic nitrogens is 5. The van der Waals surface area contributed by atoms with E-state index >= 15 is 0 Å². The van der Waals surface area contributed by atoms with Crippen molar-refractivity contribution in [3.8, 4) is 5.69 Å². The molecule has 0 aliphatic heterocycles. The van der Waals surface area contributed by atoms with E-state index in [0.717, 1.165) is 16.6 Å². The van der Waals surface area contributed by atoms with Crippen LogP contribution in [0.5, 0.6) is 0 Å². The number of rotatable bonds is 5. The summed E-state index contributed by atoms with van der Waals surface area (Å²) in [5.41, 5.74) is 4.92. The van der Waals surface area contributed by atoms with Gasteiger partial charge >= 0.3 is 0 Å². The van der Waals surface area contributed by atoms with Gasteiger partial charge in [0.2, 0.25) is 5.16 Å². The summed E-state index contributed by atoms with van der Waals surface area (Å²) in [5, 5.41) is 13.4. The van der Waals surface area contributed by atoms with E-state index in [1.165, 1.54) is 22.9 Å². The zero-order valence-corrected chi connectivity index (χ0v) is 15.2. The molecule has 0 fully saturated rings. The molecule has 7 heteroatoms. The third-order valence-corrected chi connectivity index (χ3v) is 5.32. The van der Waals surface area contributed by atoms with Crippen LogP contribution in [0.3, 0.4) is 0 Å². The molecule has 2 aromatic heterocycles. The molecule has 0 aliphatic rings. The van der Waals surface area contributed by atoms with Crippen molar-refractivity contribution < 1.29 is 4.79 Å². The van der Waals surface area contributed by atoms with Gasteiger partial charge in [0.15, 0.2) is 5.78 Å². The van der Waals surface area contributed by atoms with Gasteiger partial charge in [0, 0.05) is 22.7 Å². The van der Waals surface area contributed by atoms with Gasteiger partial charge in [-0.2, -0.15) is 4.68 Å². The standard InChI is InChI=1S/C19H17N5OS/c1-12-7-8-14(9-13(12)2)24-19(21-22-23-24)26-11-18(25)16-10-20-17-6-4-3-5-15(16)17/h3-10,20H,11H2,1-2H3. The van der Waals surface area contributed by atoms with Gasteiger partial charge in [-0.25, -0.2) is 0 Å². The van der Waals surface area contributed by atoms with Crippen LogP contribution in [-0.4, -0.2) is 36.7 Å². The summed E-state index contributed by atoms with van der Waals surface area (Å²) in [6, 6.07) is 13.8. The van der Waals surface area contributed by atoms with E-state index in [0.29, 0.717) is 10.7 Å². The molecule has 0 spiro atoms. The van der Waals surface area contributed by atoms with Gasteiger partial charge in [0.05, 0.1) is 11.4 Å². The molecule has 0 aliphatic carbocycles. The summed E-state index contributed by atoms with van der Waals surface area (Å²) in [6.45, 7) is 4.12. The van der Waals surface area contributed by atoms with Crippen molar-refractivity contribution in [1.29, 1.82) is 0 Å². The Labute approximate surface area is 154 Å². The molecular weight excluding hydrogens is 346 g/mol. The van der Waals surface area contributed by atoms with Gasteiger partial charge in [-0.05, 0) is 53.6 Å². The molecule has 0 unspecified atom stereocenters. The van der Waals surface area contributed by atoms with Crippen molar-refractivity contribution in [2.75, 3.05) is 5.75 Å². The van der Waals surface area contributed by atoms with Crippen LogP contribution in [0, 0.1) is 13.8 Å². The number of aryl methyl sites for hydroxylation is 2. The minimum Gasteiger partial charge on any atom is -0.360 e. The van der Waals surface area contributed by atoms with E-state index in [-0.39, 0.29) is 11.5 Å². The van der Waals surface area contributed by atoms with E-state index in [1.54, 1.807) is 10.9 Å². The summed E-state index contributed by atoms with van der Waals surface area (Å²) in [4.78, 5) is 15.8. The number of aromatic amines is 1. The second kappa shape index (κ2) is 6.76. The molecule has 0 amide bonds. The van der Waals surface area contributed by atoms with Crippen molar-refractivity contribution in [3.63, 3.8) is 0 Å². The number of nitrogens with zero attached hydrogens (tertiary/aromatic N) is 4. The van der Waals surface area contributed by atoms with Crippen molar-refractivity contribution in [3.05, 3.63) is 65.4 Å². The molecule has 0 bridgehead atoms. The third-order valence-electron chi connectivity index (χ3n) is 4.40. The number of H-pyrrole nitrogens is 1. The SMILES string of the molecule is Cc1ccc(-n2nnnc2SCC(=O)c2c[nH]c3ccccc23)cc1C. The molecule has 2 heterocycles. The highest BCUT2D eigenvalue weighted by atomic mass is 32.2. The molecule has 0 saturated heterocycles. The Kier molecular flexibility index (Phi) is 4.30. The largest absolute Gasteiger partial charge is 0.360 e.